The fraction of sp³-hybridized carbons (Fsp3) is 0.442. The van der Waals surface area contributed by atoms with Gasteiger partial charge in [0.2, 0.25) is 0 Å². The van der Waals surface area contributed by atoms with E-state index < -0.39 is 18.9 Å². The van der Waals surface area contributed by atoms with Gasteiger partial charge in [-0.2, -0.15) is 0 Å². The molecule has 1 heterocycles. The predicted molar refractivity (Wildman–Crippen MR) is 203 cm³/mol. The van der Waals surface area contributed by atoms with Gasteiger partial charge in [0.05, 0.1) is 10.8 Å². The molecule has 5 heteroatoms. The van der Waals surface area contributed by atoms with Crippen molar-refractivity contribution >= 4 is 34.8 Å². The summed E-state index contributed by atoms with van der Waals surface area (Å²) in [7, 11) is 0.108. The topological polar surface area (TPSA) is 29.5 Å². The van der Waals surface area contributed by atoms with Crippen LogP contribution in [0.15, 0.2) is 97.1 Å². The quantitative estimate of drug-likeness (QED) is 0.183. The summed E-state index contributed by atoms with van der Waals surface area (Å²) in [5.74, 6) is 4.38. The fourth-order valence-electron chi connectivity index (χ4n) is 10.5. The Bertz CT molecular complexity index is 1770. The van der Waals surface area contributed by atoms with Crippen molar-refractivity contribution in [2.45, 2.75) is 89.3 Å². The molecule has 5 aliphatic rings. The molecule has 4 bridgehead atoms. The van der Waals surface area contributed by atoms with Crippen molar-refractivity contribution in [3.63, 3.8) is 0 Å². The van der Waals surface area contributed by atoms with E-state index in [1.807, 2.05) is 0 Å². The van der Waals surface area contributed by atoms with Crippen LogP contribution in [0.5, 0.6) is 11.5 Å². The maximum absolute atomic E-state index is 14.4. The lowest BCUT2D eigenvalue weighted by atomic mass is 9.47. The SMILES string of the molecule is CN([C@H](c1cccc2c1Oc1c(P(c3ccccc3)c3ccccc3)cccc1C2(C)C)C12CC3CC(CC(C3)C1)C2)S(=O)C(C)(C)C. The van der Waals surface area contributed by atoms with Crippen LogP contribution in [0.25, 0.3) is 0 Å². The highest BCUT2D eigenvalue weighted by Crippen LogP contribution is 2.66. The van der Waals surface area contributed by atoms with Crippen LogP contribution in [0.3, 0.4) is 0 Å². The zero-order valence-electron chi connectivity index (χ0n) is 29.4. The number of rotatable bonds is 7. The lowest BCUT2D eigenvalue weighted by Gasteiger charge is -2.61. The molecule has 4 aromatic rings. The third-order valence-electron chi connectivity index (χ3n) is 12.0. The van der Waals surface area contributed by atoms with Crippen LogP contribution in [0.4, 0.5) is 0 Å². The van der Waals surface area contributed by atoms with E-state index in [4.69, 9.17) is 4.74 Å². The monoisotopic (exact) mass is 675 g/mol. The van der Waals surface area contributed by atoms with Gasteiger partial charge in [0.1, 0.15) is 22.5 Å². The molecule has 4 fully saturated rings. The van der Waals surface area contributed by atoms with Crippen molar-refractivity contribution in [1.82, 2.24) is 4.31 Å². The number of hydrogen-bond donors (Lipinski definition) is 0. The molecule has 2 atom stereocenters. The van der Waals surface area contributed by atoms with Gasteiger partial charge in [0.25, 0.3) is 0 Å². The first kappa shape index (κ1) is 32.4. The van der Waals surface area contributed by atoms with E-state index >= 15 is 0 Å². The zero-order valence-corrected chi connectivity index (χ0v) is 31.1. The van der Waals surface area contributed by atoms with Crippen molar-refractivity contribution in [3.05, 3.63) is 114 Å². The molecule has 0 saturated heterocycles. The lowest BCUT2D eigenvalue weighted by molar-refractivity contribution is -0.0865. The first-order chi connectivity index (χ1) is 23.0. The minimum atomic E-state index is -1.17. The van der Waals surface area contributed by atoms with Crippen molar-refractivity contribution < 1.29 is 8.95 Å². The Balaban J connectivity index is 1.32. The van der Waals surface area contributed by atoms with E-state index in [0.29, 0.717) is 0 Å². The minimum absolute atomic E-state index is 0.0233. The van der Waals surface area contributed by atoms with Crippen LogP contribution in [0, 0.1) is 23.2 Å². The maximum Gasteiger partial charge on any atom is 0.139 e. The fourth-order valence-corrected chi connectivity index (χ4v) is 14.2. The van der Waals surface area contributed by atoms with Crippen LogP contribution in [-0.4, -0.2) is 20.3 Å². The number of fused-ring (bicyclic) bond motifs is 2. The Morgan fingerprint density at radius 1 is 0.729 bits per heavy atom. The van der Waals surface area contributed by atoms with Gasteiger partial charge in [-0.15, -0.1) is 0 Å². The second-order valence-electron chi connectivity index (χ2n) is 16.7. The van der Waals surface area contributed by atoms with Crippen LogP contribution in [-0.2, 0) is 16.4 Å². The Labute approximate surface area is 291 Å². The summed E-state index contributed by atoms with van der Waals surface area (Å²) < 4.78 is 23.8. The Hall–Kier alpha value is -2.78. The molecule has 4 aromatic carbocycles. The van der Waals surface area contributed by atoms with Gasteiger partial charge in [0.15, 0.2) is 0 Å². The molecular weight excluding hydrogens is 626 g/mol. The second-order valence-corrected chi connectivity index (χ2v) is 21.2. The maximum atomic E-state index is 14.4. The van der Waals surface area contributed by atoms with Crippen molar-refractivity contribution in [2.75, 3.05) is 7.05 Å². The van der Waals surface area contributed by atoms with Crippen LogP contribution >= 0.6 is 7.92 Å². The molecule has 0 N–H and O–H groups in total. The molecule has 0 radical (unpaired) electrons. The minimum Gasteiger partial charge on any atom is -0.456 e. The predicted octanol–water partition coefficient (Wildman–Crippen LogP) is 9.53. The normalized spacial score (nSPS) is 26.5. The molecule has 0 spiro atoms. The highest BCUT2D eigenvalue weighted by atomic mass is 32.2. The molecule has 4 saturated carbocycles. The summed E-state index contributed by atoms with van der Waals surface area (Å²) in [6.07, 6.45) is 7.85. The summed E-state index contributed by atoms with van der Waals surface area (Å²) in [5, 5.41) is 3.89. The Morgan fingerprint density at radius 3 is 1.75 bits per heavy atom. The van der Waals surface area contributed by atoms with Gasteiger partial charge in [-0.3, -0.25) is 0 Å². The molecule has 4 aliphatic carbocycles. The van der Waals surface area contributed by atoms with Crippen LogP contribution < -0.4 is 20.7 Å². The van der Waals surface area contributed by atoms with E-state index in [-0.39, 0.29) is 21.6 Å². The van der Waals surface area contributed by atoms with Gasteiger partial charge < -0.3 is 4.74 Å². The average Bonchev–Trinajstić information content (AvgIpc) is 3.05. The van der Waals surface area contributed by atoms with Gasteiger partial charge in [0, 0.05) is 34.5 Å². The lowest BCUT2D eigenvalue weighted by Crippen LogP contribution is -2.53. The van der Waals surface area contributed by atoms with E-state index in [1.165, 1.54) is 71.1 Å². The number of para-hydroxylation sites is 2. The van der Waals surface area contributed by atoms with Gasteiger partial charge in [-0.1, -0.05) is 111 Å². The first-order valence-electron chi connectivity index (χ1n) is 18.0. The standard InChI is InChI=1S/C43H50NO2PS/c1-41(2,3)48(45)44(6)40(43-26-29-23-30(27-43)25-31(24-29)28-43)34-19-13-20-35-38(34)46-39-36(42(35,4)5)21-14-22-37(39)47(32-15-9-7-10-16-32)33-17-11-8-12-18-33/h7-22,29-31,40H,23-28H2,1-6H3/t29?,30?,31?,40-,43?,48?/m1/s1. The zero-order chi connectivity index (χ0) is 33.4. The summed E-state index contributed by atoms with van der Waals surface area (Å²) >= 11 is 0. The van der Waals surface area contributed by atoms with E-state index in [0.717, 1.165) is 29.3 Å². The molecule has 1 aliphatic heterocycles. The van der Waals surface area contributed by atoms with Crippen molar-refractivity contribution in [2.24, 2.45) is 23.2 Å². The Kier molecular flexibility index (Phi) is 8.06. The molecule has 1 unspecified atom stereocenters. The Morgan fingerprint density at radius 2 is 1.23 bits per heavy atom. The second kappa shape index (κ2) is 11.9. The molecule has 9 rings (SSSR count). The highest BCUT2D eigenvalue weighted by Gasteiger charge is 2.57. The number of ether oxygens (including phenoxy) is 1. The third kappa shape index (κ3) is 5.33. The smallest absolute Gasteiger partial charge is 0.139 e. The summed E-state index contributed by atoms with van der Waals surface area (Å²) in [4.78, 5) is 0. The molecule has 250 valence electrons. The molecular formula is C43H50NO2PS. The van der Waals surface area contributed by atoms with E-state index in [2.05, 4.69) is 143 Å². The van der Waals surface area contributed by atoms with Crippen molar-refractivity contribution in [1.29, 1.82) is 0 Å². The summed E-state index contributed by atoms with van der Waals surface area (Å²) in [6, 6.07) is 35.6. The van der Waals surface area contributed by atoms with E-state index in [9.17, 15) is 4.21 Å². The largest absolute Gasteiger partial charge is 0.456 e. The van der Waals surface area contributed by atoms with Crippen molar-refractivity contribution in [3.8, 4) is 11.5 Å². The van der Waals surface area contributed by atoms with Crippen LogP contribution in [0.2, 0.25) is 0 Å². The van der Waals surface area contributed by atoms with Crippen LogP contribution in [0.1, 0.15) is 95.9 Å². The molecule has 0 aromatic heterocycles. The highest BCUT2D eigenvalue weighted by molar-refractivity contribution is 7.84. The summed E-state index contributed by atoms with van der Waals surface area (Å²) in [6.45, 7) is 11.1. The number of benzene rings is 4. The summed E-state index contributed by atoms with van der Waals surface area (Å²) in [5.41, 5.74) is 3.54. The third-order valence-corrected chi connectivity index (χ3v) is 16.2. The van der Waals surface area contributed by atoms with Gasteiger partial charge in [-0.05, 0) is 101 Å². The molecule has 48 heavy (non-hydrogen) atoms. The van der Waals surface area contributed by atoms with Gasteiger partial charge in [-0.25, -0.2) is 8.51 Å². The molecule has 0 amide bonds. The van der Waals surface area contributed by atoms with Gasteiger partial charge >= 0.3 is 0 Å². The first-order valence-corrected chi connectivity index (χ1v) is 20.4. The number of hydrogen-bond acceptors (Lipinski definition) is 2. The molecule has 3 nitrogen and oxygen atoms in total. The average molecular weight is 676 g/mol. The number of nitrogens with zero attached hydrogens (tertiary/aromatic N) is 1. The van der Waals surface area contributed by atoms with E-state index in [1.54, 1.807) is 0 Å².